The number of hydrogen-bond donors (Lipinski definition) is 0. The van der Waals surface area contributed by atoms with Gasteiger partial charge in [-0.15, -0.1) is 11.5 Å². The summed E-state index contributed by atoms with van der Waals surface area (Å²) < 4.78 is 27.0. The minimum Gasteiger partial charge on any atom is -0.344 e. The van der Waals surface area contributed by atoms with Crippen molar-refractivity contribution in [2.75, 3.05) is 0 Å². The SMILES string of the molecule is C[Si](C)(C)c1[c-]n(S(=O)(=O)c2ccccc2)c2ncccc12.[Cu+]. The van der Waals surface area contributed by atoms with Crippen LogP contribution in [0.5, 0.6) is 0 Å². The van der Waals surface area contributed by atoms with Crippen LogP contribution in [0, 0.1) is 6.20 Å². The Hall–Kier alpha value is -1.40. The predicted octanol–water partition coefficient (Wildman–Crippen LogP) is 2.62. The van der Waals surface area contributed by atoms with Gasteiger partial charge in [0.25, 0.3) is 0 Å². The number of rotatable bonds is 3. The molecule has 0 aliphatic carbocycles. The Morgan fingerprint density at radius 3 is 2.30 bits per heavy atom. The summed E-state index contributed by atoms with van der Waals surface area (Å²) in [4.78, 5) is 4.53. The topological polar surface area (TPSA) is 52.0 Å². The number of hydrogen-bond acceptors (Lipinski definition) is 3. The Morgan fingerprint density at radius 1 is 1.04 bits per heavy atom. The summed E-state index contributed by atoms with van der Waals surface area (Å²) in [6.07, 6.45) is 4.71. The summed E-state index contributed by atoms with van der Waals surface area (Å²) in [6, 6.07) is 12.2. The molecule has 7 heteroatoms. The van der Waals surface area contributed by atoms with Crippen LogP contribution in [-0.2, 0) is 27.1 Å². The minimum absolute atomic E-state index is 0. The molecule has 0 fully saturated rings. The van der Waals surface area contributed by atoms with E-state index < -0.39 is 18.1 Å². The van der Waals surface area contributed by atoms with Gasteiger partial charge in [-0.1, -0.05) is 50.1 Å². The number of benzene rings is 1. The van der Waals surface area contributed by atoms with Gasteiger partial charge in [-0.2, -0.15) is 5.19 Å². The number of nitrogens with zero attached hydrogens (tertiary/aromatic N) is 2. The van der Waals surface area contributed by atoms with E-state index in [1.165, 1.54) is 3.97 Å². The fraction of sp³-hybridized carbons (Fsp3) is 0.188. The van der Waals surface area contributed by atoms with Crippen LogP contribution in [-0.4, -0.2) is 25.4 Å². The van der Waals surface area contributed by atoms with Crippen molar-refractivity contribution in [2.45, 2.75) is 24.5 Å². The zero-order chi connectivity index (χ0) is 16.0. The monoisotopic (exact) mass is 392 g/mol. The second-order valence-corrected chi connectivity index (χ2v) is 13.0. The zero-order valence-electron chi connectivity index (χ0n) is 13.0. The maximum atomic E-state index is 12.9. The van der Waals surface area contributed by atoms with Crippen molar-refractivity contribution in [3.63, 3.8) is 0 Å². The molecule has 3 aromatic rings. The Balaban J connectivity index is 0.00000192. The number of aromatic nitrogens is 2. The van der Waals surface area contributed by atoms with E-state index in [-0.39, 0.29) is 22.0 Å². The molecule has 0 bridgehead atoms. The molecular weight excluding hydrogens is 376 g/mol. The van der Waals surface area contributed by atoms with Gasteiger partial charge in [0.1, 0.15) is 0 Å². The quantitative estimate of drug-likeness (QED) is 0.508. The Labute approximate surface area is 148 Å². The minimum atomic E-state index is -3.68. The summed E-state index contributed by atoms with van der Waals surface area (Å²) in [5.74, 6) is 0. The Bertz CT molecular complexity index is 932. The van der Waals surface area contributed by atoms with Gasteiger partial charge < -0.3 is 8.96 Å². The van der Waals surface area contributed by atoms with Crippen LogP contribution in [0.3, 0.4) is 0 Å². The van der Waals surface area contributed by atoms with E-state index in [2.05, 4.69) is 30.8 Å². The molecular formula is C16H17CuN2O2SSi. The van der Waals surface area contributed by atoms with E-state index in [1.54, 1.807) is 36.5 Å². The van der Waals surface area contributed by atoms with Gasteiger partial charge in [0.05, 0.1) is 13.0 Å². The van der Waals surface area contributed by atoms with Crippen LogP contribution in [0.4, 0.5) is 0 Å². The van der Waals surface area contributed by atoms with Crippen molar-refractivity contribution in [1.82, 2.24) is 8.96 Å². The molecule has 0 atom stereocenters. The van der Waals surface area contributed by atoms with Crippen molar-refractivity contribution in [3.05, 3.63) is 54.9 Å². The fourth-order valence-corrected chi connectivity index (χ4v) is 5.24. The van der Waals surface area contributed by atoms with Crippen LogP contribution in [0.15, 0.2) is 53.6 Å². The molecule has 23 heavy (non-hydrogen) atoms. The third-order valence-corrected chi connectivity index (χ3v) is 6.99. The molecule has 4 nitrogen and oxygen atoms in total. The van der Waals surface area contributed by atoms with E-state index in [1.807, 2.05) is 12.1 Å². The Kier molecular flexibility index (Phi) is 4.87. The maximum Gasteiger partial charge on any atom is 1.00 e. The normalized spacial score (nSPS) is 12.1. The smallest absolute Gasteiger partial charge is 0.344 e. The van der Waals surface area contributed by atoms with Crippen molar-refractivity contribution in [3.8, 4) is 0 Å². The van der Waals surface area contributed by atoms with E-state index in [0.29, 0.717) is 5.65 Å². The molecule has 0 N–H and O–H groups in total. The fourth-order valence-electron chi connectivity index (χ4n) is 2.41. The molecule has 2 aromatic heterocycles. The average Bonchev–Trinajstić information content (AvgIpc) is 2.88. The molecule has 0 saturated heterocycles. The van der Waals surface area contributed by atoms with Crippen molar-refractivity contribution in [1.29, 1.82) is 0 Å². The first-order chi connectivity index (χ1) is 10.3. The molecule has 0 saturated carbocycles. The summed E-state index contributed by atoms with van der Waals surface area (Å²) in [7, 11) is -5.42. The van der Waals surface area contributed by atoms with E-state index >= 15 is 0 Å². The first-order valence-corrected chi connectivity index (χ1v) is 12.0. The molecule has 2 heterocycles. The summed E-state index contributed by atoms with van der Waals surface area (Å²) in [5.41, 5.74) is 0.448. The second-order valence-electron chi connectivity index (χ2n) is 6.19. The van der Waals surface area contributed by atoms with E-state index in [4.69, 9.17) is 0 Å². The molecule has 1 aromatic carbocycles. The van der Waals surface area contributed by atoms with Gasteiger partial charge in [-0.3, -0.25) is 0 Å². The first kappa shape index (κ1) is 17.9. The Morgan fingerprint density at radius 2 is 1.70 bits per heavy atom. The maximum absolute atomic E-state index is 12.9. The van der Waals surface area contributed by atoms with Gasteiger partial charge in [-0.25, -0.2) is 8.42 Å². The zero-order valence-corrected chi connectivity index (χ0v) is 15.8. The van der Waals surface area contributed by atoms with Crippen LogP contribution in [0.25, 0.3) is 11.0 Å². The standard InChI is InChI=1S/C16H17N2O2SSi.Cu/c1-22(2,3)15-12-18(16-14(15)10-7-11-17-16)21(19,20)13-8-5-4-6-9-13;/h4-11H,1-3H3;/q-1;+1. The predicted molar refractivity (Wildman–Crippen MR) is 90.6 cm³/mol. The number of fused-ring (bicyclic) bond motifs is 1. The molecule has 0 unspecified atom stereocenters. The van der Waals surface area contributed by atoms with E-state index in [9.17, 15) is 8.42 Å². The van der Waals surface area contributed by atoms with Crippen LogP contribution in [0.2, 0.25) is 19.6 Å². The third kappa shape index (κ3) is 3.14. The molecule has 0 spiro atoms. The number of pyridine rings is 1. The van der Waals surface area contributed by atoms with Crippen molar-refractivity contribution < 1.29 is 25.5 Å². The van der Waals surface area contributed by atoms with Crippen LogP contribution in [0.1, 0.15) is 0 Å². The van der Waals surface area contributed by atoms with Gasteiger partial charge in [0.15, 0.2) is 0 Å². The van der Waals surface area contributed by atoms with E-state index in [0.717, 1.165) is 10.6 Å². The average molecular weight is 393 g/mol. The van der Waals surface area contributed by atoms with Crippen LogP contribution >= 0.6 is 0 Å². The molecule has 0 radical (unpaired) electrons. The first-order valence-electron chi connectivity index (χ1n) is 7.02. The largest absolute Gasteiger partial charge is 1.00 e. The molecule has 0 amide bonds. The van der Waals surface area contributed by atoms with Crippen LogP contribution < -0.4 is 5.19 Å². The third-order valence-electron chi connectivity index (χ3n) is 3.49. The molecule has 0 aliphatic heterocycles. The summed E-state index contributed by atoms with van der Waals surface area (Å²) >= 11 is 0. The molecule has 124 valence electrons. The van der Waals surface area contributed by atoms with Gasteiger partial charge >= 0.3 is 17.1 Å². The van der Waals surface area contributed by atoms with Gasteiger partial charge in [0, 0.05) is 6.20 Å². The van der Waals surface area contributed by atoms with Gasteiger partial charge in [0.2, 0.25) is 10.0 Å². The summed E-state index contributed by atoms with van der Waals surface area (Å²) in [5, 5.41) is 1.86. The molecule has 3 rings (SSSR count). The van der Waals surface area contributed by atoms with Crippen molar-refractivity contribution in [2.24, 2.45) is 0 Å². The second kappa shape index (κ2) is 6.24. The molecule has 0 aliphatic rings. The van der Waals surface area contributed by atoms with Crippen molar-refractivity contribution >= 4 is 34.3 Å². The summed E-state index contributed by atoms with van der Waals surface area (Å²) in [6.45, 7) is 6.51. The van der Waals surface area contributed by atoms with Gasteiger partial charge in [-0.05, 0) is 17.8 Å².